The lowest BCUT2D eigenvalue weighted by Gasteiger charge is -2.05. The number of amides is 1. The summed E-state index contributed by atoms with van der Waals surface area (Å²) >= 11 is 0. The second kappa shape index (κ2) is 6.71. The van der Waals surface area contributed by atoms with Gasteiger partial charge < -0.3 is 9.84 Å². The van der Waals surface area contributed by atoms with Gasteiger partial charge in [0.2, 0.25) is 0 Å². The maximum absolute atomic E-state index is 12.3. The van der Waals surface area contributed by atoms with Gasteiger partial charge in [-0.1, -0.05) is 34.6 Å². The molecule has 0 bridgehead atoms. The minimum atomic E-state index is -0.233. The summed E-state index contributed by atoms with van der Waals surface area (Å²) in [6, 6.07) is 11.3. The van der Waals surface area contributed by atoms with Crippen molar-refractivity contribution in [2.75, 3.05) is 6.54 Å². The van der Waals surface area contributed by atoms with Crippen LogP contribution < -0.4 is 5.32 Å². The van der Waals surface area contributed by atoms with E-state index in [0.29, 0.717) is 36.2 Å². The molecule has 0 radical (unpaired) electrons. The van der Waals surface area contributed by atoms with Crippen LogP contribution in [0.25, 0.3) is 22.5 Å². The molecule has 9 nitrogen and oxygen atoms in total. The molecular formula is C17H15N7O2. The molecule has 0 aliphatic carbocycles. The molecule has 4 rings (SSSR count). The third kappa shape index (κ3) is 3.27. The zero-order valence-corrected chi connectivity index (χ0v) is 14.0. The molecule has 0 fully saturated rings. The molecule has 1 N–H and O–H groups in total. The van der Waals surface area contributed by atoms with Crippen LogP contribution in [0.15, 0.2) is 47.1 Å². The number of nitrogens with one attached hydrogen (secondary N) is 1. The lowest BCUT2D eigenvalue weighted by atomic mass is 10.2. The predicted molar refractivity (Wildman–Crippen MR) is 92.1 cm³/mol. The summed E-state index contributed by atoms with van der Waals surface area (Å²) in [6.45, 7) is 2.58. The van der Waals surface area contributed by atoms with E-state index in [0.717, 1.165) is 10.9 Å². The molecule has 3 aromatic heterocycles. The maximum Gasteiger partial charge on any atom is 0.280 e. The average molecular weight is 349 g/mol. The molecule has 0 saturated carbocycles. The Hall–Kier alpha value is -3.62. The molecule has 9 heteroatoms. The van der Waals surface area contributed by atoms with Gasteiger partial charge in [-0.05, 0) is 19.1 Å². The van der Waals surface area contributed by atoms with E-state index in [9.17, 15) is 4.79 Å². The minimum absolute atomic E-state index is 0.233. The van der Waals surface area contributed by atoms with E-state index in [2.05, 4.69) is 30.8 Å². The number of para-hydroxylation sites is 1. The number of aryl methyl sites for hydroxylation is 1. The molecule has 1 aromatic carbocycles. The Balaban J connectivity index is 1.36. The van der Waals surface area contributed by atoms with Gasteiger partial charge in [0.25, 0.3) is 11.8 Å². The first kappa shape index (κ1) is 15.9. The number of hydrogen-bond acceptors (Lipinski definition) is 7. The van der Waals surface area contributed by atoms with Gasteiger partial charge in [-0.2, -0.15) is 4.98 Å². The number of aromatic nitrogens is 6. The van der Waals surface area contributed by atoms with Crippen LogP contribution >= 0.6 is 0 Å². The lowest BCUT2D eigenvalue weighted by molar-refractivity contribution is 0.0947. The van der Waals surface area contributed by atoms with Crippen molar-refractivity contribution in [1.82, 2.24) is 35.4 Å². The molecule has 0 atom stereocenters. The quantitative estimate of drug-likeness (QED) is 0.582. The van der Waals surface area contributed by atoms with Crippen LogP contribution in [0.3, 0.4) is 0 Å². The van der Waals surface area contributed by atoms with Crippen molar-refractivity contribution in [2.24, 2.45) is 0 Å². The zero-order valence-electron chi connectivity index (χ0n) is 14.0. The van der Waals surface area contributed by atoms with Crippen LogP contribution in [0, 0.1) is 6.92 Å². The fraction of sp³-hybridized carbons (Fsp3) is 0.176. The van der Waals surface area contributed by atoms with Crippen LogP contribution in [0.5, 0.6) is 0 Å². The van der Waals surface area contributed by atoms with Crippen LogP contribution in [0.2, 0.25) is 0 Å². The summed E-state index contributed by atoms with van der Waals surface area (Å²) < 4.78 is 6.64. The average Bonchev–Trinajstić information content (AvgIpc) is 3.30. The highest BCUT2D eigenvalue weighted by molar-refractivity contribution is 5.94. The van der Waals surface area contributed by atoms with Gasteiger partial charge in [0.05, 0.1) is 18.3 Å². The molecule has 0 unspecified atom stereocenters. The molecular weight excluding hydrogens is 334 g/mol. The molecule has 3 heterocycles. The molecule has 0 saturated heterocycles. The van der Waals surface area contributed by atoms with Crippen LogP contribution in [0.1, 0.15) is 16.3 Å². The second-order valence-electron chi connectivity index (χ2n) is 5.66. The summed E-state index contributed by atoms with van der Waals surface area (Å²) in [5.41, 5.74) is 1.66. The van der Waals surface area contributed by atoms with Gasteiger partial charge in [0.15, 0.2) is 11.5 Å². The fourth-order valence-corrected chi connectivity index (χ4v) is 2.47. The number of benzene rings is 1. The molecule has 4 aromatic rings. The number of carbonyl (C=O) groups excluding carboxylic acids is 1. The molecule has 0 spiro atoms. The van der Waals surface area contributed by atoms with E-state index in [-0.39, 0.29) is 5.91 Å². The third-order valence-corrected chi connectivity index (χ3v) is 3.74. The largest absolute Gasteiger partial charge is 0.349 e. The zero-order chi connectivity index (χ0) is 17.9. The number of carbonyl (C=O) groups is 1. The highest BCUT2D eigenvalue weighted by atomic mass is 16.5. The predicted octanol–water partition coefficient (Wildman–Crippen LogP) is 1.61. The standard InChI is InChI=1S/C17H15N7O2/c1-11-19-17(26-22-11)15-10-24(23-21-15)9-8-18-16(25)14-7-6-12-4-2-3-5-13(12)20-14/h2-7,10H,8-9H2,1H3,(H,18,25). The summed E-state index contributed by atoms with van der Waals surface area (Å²) in [5, 5.41) is 15.5. The number of fused-ring (bicyclic) bond motifs is 1. The second-order valence-corrected chi connectivity index (χ2v) is 5.66. The SMILES string of the molecule is Cc1noc(-c2cn(CCNC(=O)c3ccc4ccccc4n3)nn2)n1. The number of pyridine rings is 1. The van der Waals surface area contributed by atoms with Gasteiger partial charge in [-0.15, -0.1) is 5.10 Å². The molecule has 26 heavy (non-hydrogen) atoms. The van der Waals surface area contributed by atoms with Crippen molar-refractivity contribution in [1.29, 1.82) is 0 Å². The highest BCUT2D eigenvalue weighted by Gasteiger charge is 2.11. The molecule has 1 amide bonds. The molecule has 130 valence electrons. The normalized spacial score (nSPS) is 11.0. The van der Waals surface area contributed by atoms with E-state index in [1.807, 2.05) is 30.3 Å². The van der Waals surface area contributed by atoms with Gasteiger partial charge >= 0.3 is 0 Å². The van der Waals surface area contributed by atoms with Crippen molar-refractivity contribution in [2.45, 2.75) is 13.5 Å². The first-order valence-electron chi connectivity index (χ1n) is 8.04. The van der Waals surface area contributed by atoms with Gasteiger partial charge in [-0.25, -0.2) is 9.67 Å². The van der Waals surface area contributed by atoms with E-state index in [4.69, 9.17) is 4.52 Å². The highest BCUT2D eigenvalue weighted by Crippen LogP contribution is 2.13. The summed E-state index contributed by atoms with van der Waals surface area (Å²) in [5.74, 6) is 0.617. The smallest absolute Gasteiger partial charge is 0.280 e. The third-order valence-electron chi connectivity index (χ3n) is 3.74. The first-order chi connectivity index (χ1) is 12.7. The van der Waals surface area contributed by atoms with E-state index in [1.54, 1.807) is 23.9 Å². The summed E-state index contributed by atoms with van der Waals surface area (Å²) in [7, 11) is 0. The lowest BCUT2D eigenvalue weighted by Crippen LogP contribution is -2.28. The number of rotatable bonds is 5. The Bertz CT molecular complexity index is 1070. The van der Waals surface area contributed by atoms with E-state index >= 15 is 0 Å². The number of hydrogen-bond donors (Lipinski definition) is 1. The Morgan fingerprint density at radius 1 is 1.19 bits per heavy atom. The molecule has 0 aliphatic rings. The van der Waals surface area contributed by atoms with Crippen LogP contribution in [0.4, 0.5) is 0 Å². The Morgan fingerprint density at radius 3 is 2.92 bits per heavy atom. The number of nitrogens with zero attached hydrogens (tertiary/aromatic N) is 6. The monoisotopic (exact) mass is 349 g/mol. The van der Waals surface area contributed by atoms with Crippen molar-refractivity contribution in [3.63, 3.8) is 0 Å². The topological polar surface area (TPSA) is 112 Å². The summed E-state index contributed by atoms with van der Waals surface area (Å²) in [4.78, 5) is 20.7. The Kier molecular flexibility index (Phi) is 4.10. The maximum atomic E-state index is 12.3. The first-order valence-corrected chi connectivity index (χ1v) is 8.04. The Morgan fingerprint density at radius 2 is 2.08 bits per heavy atom. The van der Waals surface area contributed by atoms with Crippen LogP contribution in [-0.4, -0.2) is 42.6 Å². The van der Waals surface area contributed by atoms with Gasteiger partial charge in [0.1, 0.15) is 5.69 Å². The Labute approximate surface area is 148 Å². The summed E-state index contributed by atoms with van der Waals surface area (Å²) in [6.07, 6.45) is 1.69. The van der Waals surface area contributed by atoms with Gasteiger partial charge in [-0.3, -0.25) is 4.79 Å². The van der Waals surface area contributed by atoms with Crippen molar-refractivity contribution in [3.8, 4) is 11.6 Å². The van der Waals surface area contributed by atoms with Crippen molar-refractivity contribution < 1.29 is 9.32 Å². The fourth-order valence-electron chi connectivity index (χ4n) is 2.47. The van der Waals surface area contributed by atoms with Crippen molar-refractivity contribution in [3.05, 3.63) is 54.1 Å². The van der Waals surface area contributed by atoms with E-state index in [1.165, 1.54) is 0 Å². The minimum Gasteiger partial charge on any atom is -0.349 e. The van der Waals surface area contributed by atoms with Gasteiger partial charge in [0, 0.05) is 11.9 Å². The molecule has 0 aliphatic heterocycles. The van der Waals surface area contributed by atoms with E-state index < -0.39 is 0 Å². The van der Waals surface area contributed by atoms with Crippen molar-refractivity contribution >= 4 is 16.8 Å². The van der Waals surface area contributed by atoms with Crippen LogP contribution in [-0.2, 0) is 6.54 Å².